The van der Waals surface area contributed by atoms with Gasteiger partial charge in [-0.3, -0.25) is 4.55 Å². The average Bonchev–Trinajstić information content (AvgIpc) is 3.05. The van der Waals surface area contributed by atoms with Crippen LogP contribution in [-0.2, 0) is 14.6 Å². The number of aliphatic hydroxyl groups excluding tert-OH is 1. The lowest BCUT2D eigenvalue weighted by Crippen LogP contribution is -2.54. The van der Waals surface area contributed by atoms with Gasteiger partial charge < -0.3 is 5.11 Å². The van der Waals surface area contributed by atoms with Crippen molar-refractivity contribution >= 4 is 10.4 Å². The van der Waals surface area contributed by atoms with Crippen molar-refractivity contribution in [1.82, 2.24) is 0 Å². The van der Waals surface area contributed by atoms with Gasteiger partial charge in [0.05, 0.1) is 12.7 Å². The first-order valence-corrected chi connectivity index (χ1v) is 13.7. The number of hydrogen-bond acceptors (Lipinski definition) is 4. The van der Waals surface area contributed by atoms with E-state index in [2.05, 4.69) is 24.0 Å². The Kier molecular flexibility index (Phi) is 6.55. The summed E-state index contributed by atoms with van der Waals surface area (Å²) in [6.07, 6.45) is 17.8. The summed E-state index contributed by atoms with van der Waals surface area (Å²) in [4.78, 5) is 0. The van der Waals surface area contributed by atoms with E-state index in [4.69, 9.17) is 11.0 Å². The van der Waals surface area contributed by atoms with E-state index in [1.165, 1.54) is 38.5 Å². The van der Waals surface area contributed by atoms with Crippen LogP contribution in [-0.4, -0.2) is 30.8 Å². The van der Waals surface area contributed by atoms with Gasteiger partial charge in [-0.1, -0.05) is 13.8 Å². The van der Waals surface area contributed by atoms with E-state index in [1.54, 1.807) is 0 Å². The topological polar surface area (TPSA) is 83.8 Å². The smallest absolute Gasteiger partial charge is 0.393 e. The van der Waals surface area contributed by atoms with Crippen LogP contribution in [0.2, 0.25) is 0 Å². The maximum atomic E-state index is 10.8. The minimum absolute atomic E-state index is 0.0137. The van der Waals surface area contributed by atoms with Crippen molar-refractivity contribution in [1.29, 1.82) is 0 Å². The highest BCUT2D eigenvalue weighted by atomic mass is 32.3. The van der Waals surface area contributed by atoms with Gasteiger partial charge in [0.25, 0.3) is 0 Å². The van der Waals surface area contributed by atoms with Crippen LogP contribution in [0.3, 0.4) is 0 Å². The van der Waals surface area contributed by atoms with Crippen LogP contribution in [0.25, 0.3) is 0 Å². The lowest BCUT2D eigenvalue weighted by atomic mass is 9.44. The summed E-state index contributed by atoms with van der Waals surface area (Å²) in [7, 11) is -4.38. The Bertz CT molecular complexity index is 803. The van der Waals surface area contributed by atoms with E-state index < -0.39 is 10.4 Å². The van der Waals surface area contributed by atoms with Gasteiger partial charge in [-0.2, -0.15) is 8.42 Å². The molecule has 4 aliphatic rings. The summed E-state index contributed by atoms with van der Waals surface area (Å²) < 4.78 is 34.9. The molecule has 0 amide bonds. The van der Waals surface area contributed by atoms with Crippen LogP contribution in [0.1, 0.15) is 84.5 Å². The third kappa shape index (κ3) is 4.33. The first kappa shape index (κ1) is 23.5. The third-order valence-electron chi connectivity index (χ3n) is 10.3. The summed E-state index contributed by atoms with van der Waals surface area (Å²) in [5.74, 6) is 6.61. The van der Waals surface area contributed by atoms with E-state index in [-0.39, 0.29) is 24.0 Å². The molecule has 31 heavy (non-hydrogen) atoms. The zero-order chi connectivity index (χ0) is 22.4. The molecule has 0 heterocycles. The fraction of sp³-hybridized carbons (Fsp3) is 0.920. The van der Waals surface area contributed by atoms with Gasteiger partial charge in [-0.15, -0.1) is 12.3 Å². The second-order valence-corrected chi connectivity index (χ2v) is 12.6. The van der Waals surface area contributed by atoms with Gasteiger partial charge in [-0.05, 0) is 111 Å². The maximum absolute atomic E-state index is 10.8. The molecular weight excluding hydrogens is 412 g/mol. The highest BCUT2D eigenvalue weighted by Gasteiger charge is 2.60. The SMILES string of the molecule is C#C[C@H](CCCOS(=O)(=O)O)C1CCC2C3CC[C@H]4C[C@@H](O)CC[C@]4(C)C3CC[C@@]21C. The van der Waals surface area contributed by atoms with Gasteiger partial charge in [-0.25, -0.2) is 4.18 Å². The molecular formula is C25H40O5S. The molecule has 0 saturated heterocycles. The molecule has 9 atom stereocenters. The lowest BCUT2D eigenvalue weighted by Gasteiger charge is -2.61. The van der Waals surface area contributed by atoms with E-state index >= 15 is 0 Å². The van der Waals surface area contributed by atoms with Crippen LogP contribution < -0.4 is 0 Å². The highest BCUT2D eigenvalue weighted by Crippen LogP contribution is 2.68. The van der Waals surface area contributed by atoms with Crippen LogP contribution in [0.15, 0.2) is 0 Å². The van der Waals surface area contributed by atoms with Crippen molar-refractivity contribution in [2.75, 3.05) is 6.61 Å². The molecule has 176 valence electrons. The minimum Gasteiger partial charge on any atom is -0.393 e. The fourth-order valence-corrected chi connectivity index (χ4v) is 9.13. The van der Waals surface area contributed by atoms with Crippen molar-refractivity contribution in [2.24, 2.45) is 46.3 Å². The van der Waals surface area contributed by atoms with Crippen LogP contribution in [0, 0.1) is 58.7 Å². The zero-order valence-electron chi connectivity index (χ0n) is 19.1. The molecule has 0 radical (unpaired) electrons. The molecule has 4 fully saturated rings. The summed E-state index contributed by atoms with van der Waals surface area (Å²) in [6.45, 7) is 4.98. The Morgan fingerprint density at radius 1 is 1.06 bits per heavy atom. The predicted molar refractivity (Wildman–Crippen MR) is 120 cm³/mol. The van der Waals surface area contributed by atoms with Gasteiger partial charge >= 0.3 is 10.4 Å². The fourth-order valence-electron chi connectivity index (χ4n) is 8.81. The number of terminal acetylenes is 1. The lowest BCUT2D eigenvalue weighted by molar-refractivity contribution is -0.128. The summed E-state index contributed by atoms with van der Waals surface area (Å²) in [5, 5.41) is 10.2. The Hall–Kier alpha value is -0.610. The monoisotopic (exact) mass is 452 g/mol. The molecule has 4 saturated carbocycles. The Balaban J connectivity index is 1.45. The van der Waals surface area contributed by atoms with Gasteiger partial charge in [0.1, 0.15) is 0 Å². The van der Waals surface area contributed by atoms with Crippen molar-refractivity contribution in [2.45, 2.75) is 90.6 Å². The molecule has 0 aromatic rings. The molecule has 2 N–H and O–H groups in total. The Morgan fingerprint density at radius 2 is 1.77 bits per heavy atom. The molecule has 0 spiro atoms. The first-order valence-electron chi connectivity index (χ1n) is 12.3. The van der Waals surface area contributed by atoms with Crippen molar-refractivity contribution < 1.29 is 22.3 Å². The summed E-state index contributed by atoms with van der Waals surface area (Å²) in [5.41, 5.74) is 0.652. The number of fused-ring (bicyclic) bond motifs is 5. The second kappa shape index (κ2) is 8.63. The highest BCUT2D eigenvalue weighted by molar-refractivity contribution is 7.80. The van der Waals surface area contributed by atoms with Gasteiger partial charge in [0, 0.05) is 5.92 Å². The van der Waals surface area contributed by atoms with Crippen molar-refractivity contribution in [3.05, 3.63) is 0 Å². The summed E-state index contributed by atoms with van der Waals surface area (Å²) >= 11 is 0. The summed E-state index contributed by atoms with van der Waals surface area (Å²) in [6, 6.07) is 0. The maximum Gasteiger partial charge on any atom is 0.397 e. The average molecular weight is 453 g/mol. The molecule has 0 aliphatic heterocycles. The molecule has 0 aromatic carbocycles. The number of rotatable bonds is 6. The van der Waals surface area contributed by atoms with Crippen molar-refractivity contribution in [3.63, 3.8) is 0 Å². The molecule has 0 aromatic heterocycles. The van der Waals surface area contributed by atoms with Crippen molar-refractivity contribution in [3.8, 4) is 12.3 Å². The molecule has 4 aliphatic carbocycles. The van der Waals surface area contributed by atoms with E-state index in [0.717, 1.165) is 43.4 Å². The first-order chi connectivity index (χ1) is 14.6. The molecule has 5 nitrogen and oxygen atoms in total. The normalized spacial score (nSPS) is 45.8. The van der Waals surface area contributed by atoms with Crippen LogP contribution in [0.5, 0.6) is 0 Å². The van der Waals surface area contributed by atoms with Crippen LogP contribution >= 0.6 is 0 Å². The molecule has 6 heteroatoms. The predicted octanol–water partition coefficient (Wildman–Crippen LogP) is 4.86. The van der Waals surface area contributed by atoms with Gasteiger partial charge in [0.15, 0.2) is 0 Å². The zero-order valence-corrected chi connectivity index (χ0v) is 19.9. The molecule has 0 bridgehead atoms. The Morgan fingerprint density at radius 3 is 2.48 bits per heavy atom. The Labute approximate surface area is 188 Å². The minimum atomic E-state index is -4.38. The number of hydrogen-bond donors (Lipinski definition) is 2. The molecule has 4 rings (SSSR count). The molecule has 4 unspecified atom stereocenters. The van der Waals surface area contributed by atoms with E-state index in [0.29, 0.717) is 23.7 Å². The van der Waals surface area contributed by atoms with E-state index in [1.807, 2.05) is 0 Å². The third-order valence-corrected chi connectivity index (χ3v) is 10.8. The van der Waals surface area contributed by atoms with Crippen LogP contribution in [0.4, 0.5) is 0 Å². The largest absolute Gasteiger partial charge is 0.397 e. The number of aliphatic hydroxyl groups is 1. The van der Waals surface area contributed by atoms with E-state index in [9.17, 15) is 13.5 Å². The quantitative estimate of drug-likeness (QED) is 0.342. The standard InChI is InChI=1S/C25H40O5S/c1-4-17(6-5-15-30-31(27,28)29)21-9-10-22-20-8-7-18-16-19(26)11-13-24(18,2)23(20)12-14-25(21,22)3/h1,17-23,26H,5-16H2,2-3H3,(H,27,28,29)/t17-,18+,19+,20?,21?,22?,23?,24+,25-/m1/s1. The second-order valence-electron chi connectivity index (χ2n) is 11.5. The van der Waals surface area contributed by atoms with Gasteiger partial charge in [0.2, 0.25) is 0 Å².